The van der Waals surface area contributed by atoms with Crippen LogP contribution in [0.3, 0.4) is 0 Å². The molecule has 0 aliphatic rings. The van der Waals surface area contributed by atoms with Gasteiger partial charge in [-0.2, -0.15) is 0 Å². The Kier molecular flexibility index (Phi) is 6.02. The summed E-state index contributed by atoms with van der Waals surface area (Å²) in [7, 11) is 0. The SMILES string of the molecule is O=C(CCc1ncc(-c2ccccc2)o1)Nc1cccc(C#Cc2ccccc2)c1. The van der Waals surface area contributed by atoms with Gasteiger partial charge >= 0.3 is 0 Å². The number of benzene rings is 3. The van der Waals surface area contributed by atoms with Crippen LogP contribution in [-0.4, -0.2) is 10.9 Å². The summed E-state index contributed by atoms with van der Waals surface area (Å²) in [6, 6.07) is 27.1. The van der Waals surface area contributed by atoms with Gasteiger partial charge in [-0.1, -0.05) is 66.4 Å². The molecule has 1 N–H and O–H groups in total. The predicted octanol–water partition coefficient (Wildman–Crippen LogP) is 5.31. The lowest BCUT2D eigenvalue weighted by Gasteiger charge is -2.04. The van der Waals surface area contributed by atoms with E-state index in [1.54, 1.807) is 6.20 Å². The Morgan fingerprint density at radius 3 is 2.37 bits per heavy atom. The van der Waals surface area contributed by atoms with Gasteiger partial charge in [0.1, 0.15) is 0 Å². The average Bonchev–Trinajstić information content (AvgIpc) is 3.27. The second kappa shape index (κ2) is 9.40. The quantitative estimate of drug-likeness (QED) is 0.468. The van der Waals surface area contributed by atoms with Crippen LogP contribution in [0.2, 0.25) is 0 Å². The van der Waals surface area contributed by atoms with E-state index in [0.717, 1.165) is 22.4 Å². The predicted molar refractivity (Wildman–Crippen MR) is 118 cm³/mol. The highest BCUT2D eigenvalue weighted by Gasteiger charge is 2.09. The van der Waals surface area contributed by atoms with E-state index in [1.165, 1.54) is 0 Å². The Balaban J connectivity index is 1.34. The average molecular weight is 392 g/mol. The number of aromatic nitrogens is 1. The highest BCUT2D eigenvalue weighted by atomic mass is 16.4. The van der Waals surface area contributed by atoms with Crippen LogP contribution in [0.15, 0.2) is 95.5 Å². The zero-order valence-corrected chi connectivity index (χ0v) is 16.3. The van der Waals surface area contributed by atoms with Gasteiger partial charge < -0.3 is 9.73 Å². The highest BCUT2D eigenvalue weighted by molar-refractivity contribution is 5.91. The molecular formula is C26H20N2O2. The van der Waals surface area contributed by atoms with E-state index in [0.29, 0.717) is 18.1 Å². The molecule has 3 aromatic carbocycles. The van der Waals surface area contributed by atoms with Crippen LogP contribution in [0.5, 0.6) is 0 Å². The van der Waals surface area contributed by atoms with Crippen LogP contribution in [0, 0.1) is 11.8 Å². The molecular weight excluding hydrogens is 372 g/mol. The lowest BCUT2D eigenvalue weighted by Crippen LogP contribution is -2.12. The molecule has 0 saturated heterocycles. The molecule has 0 radical (unpaired) electrons. The fourth-order valence-corrected chi connectivity index (χ4v) is 2.95. The molecule has 1 heterocycles. The number of nitrogens with zero attached hydrogens (tertiary/aromatic N) is 1. The van der Waals surface area contributed by atoms with Gasteiger partial charge in [0.2, 0.25) is 5.91 Å². The molecule has 0 atom stereocenters. The fourth-order valence-electron chi connectivity index (χ4n) is 2.95. The van der Waals surface area contributed by atoms with Gasteiger partial charge in [-0.3, -0.25) is 4.79 Å². The zero-order chi connectivity index (χ0) is 20.6. The van der Waals surface area contributed by atoms with E-state index in [9.17, 15) is 4.79 Å². The largest absolute Gasteiger partial charge is 0.441 e. The molecule has 30 heavy (non-hydrogen) atoms. The maximum Gasteiger partial charge on any atom is 0.224 e. The van der Waals surface area contributed by atoms with Crippen molar-refractivity contribution < 1.29 is 9.21 Å². The van der Waals surface area contributed by atoms with E-state index < -0.39 is 0 Å². The standard InChI is InChI=1S/C26H20N2O2/c29-25(16-17-26-27-19-24(30-26)22-11-5-2-6-12-22)28-23-13-7-10-21(18-23)15-14-20-8-3-1-4-9-20/h1-13,18-19H,16-17H2,(H,28,29). The van der Waals surface area contributed by atoms with Crippen molar-refractivity contribution >= 4 is 11.6 Å². The summed E-state index contributed by atoms with van der Waals surface area (Å²) in [6.45, 7) is 0. The number of carbonyl (C=O) groups excluding carboxylic acids is 1. The minimum absolute atomic E-state index is 0.0948. The molecule has 0 spiro atoms. The molecule has 1 aromatic heterocycles. The summed E-state index contributed by atoms with van der Waals surface area (Å²) in [5.41, 5.74) is 3.48. The number of aryl methyl sites for hydroxylation is 1. The summed E-state index contributed by atoms with van der Waals surface area (Å²) < 4.78 is 5.75. The normalized spacial score (nSPS) is 10.1. The van der Waals surface area contributed by atoms with Gasteiger partial charge in [0.15, 0.2) is 11.7 Å². The van der Waals surface area contributed by atoms with E-state index in [-0.39, 0.29) is 12.3 Å². The molecule has 4 rings (SSSR count). The Bertz CT molecular complexity index is 1190. The van der Waals surface area contributed by atoms with Crippen LogP contribution in [0.1, 0.15) is 23.4 Å². The number of hydrogen-bond acceptors (Lipinski definition) is 3. The number of nitrogens with one attached hydrogen (secondary N) is 1. The van der Waals surface area contributed by atoms with E-state index >= 15 is 0 Å². The molecule has 0 aliphatic heterocycles. The van der Waals surface area contributed by atoms with Crippen molar-refractivity contribution in [2.45, 2.75) is 12.8 Å². The smallest absolute Gasteiger partial charge is 0.224 e. The van der Waals surface area contributed by atoms with Gasteiger partial charge in [0.25, 0.3) is 0 Å². The summed E-state index contributed by atoms with van der Waals surface area (Å²) in [6.07, 6.45) is 2.41. The maximum atomic E-state index is 12.3. The van der Waals surface area contributed by atoms with Crippen molar-refractivity contribution in [1.29, 1.82) is 0 Å². The Labute approximate surface area is 175 Å². The van der Waals surface area contributed by atoms with E-state index in [1.807, 2.05) is 84.9 Å². The number of anilines is 1. The van der Waals surface area contributed by atoms with E-state index in [4.69, 9.17) is 4.42 Å². The first-order valence-corrected chi connectivity index (χ1v) is 9.73. The third kappa shape index (κ3) is 5.24. The van der Waals surface area contributed by atoms with Gasteiger partial charge in [-0.25, -0.2) is 4.98 Å². The number of amides is 1. The third-order valence-corrected chi connectivity index (χ3v) is 4.45. The minimum Gasteiger partial charge on any atom is -0.441 e. The summed E-state index contributed by atoms with van der Waals surface area (Å²) >= 11 is 0. The first-order valence-electron chi connectivity index (χ1n) is 9.73. The van der Waals surface area contributed by atoms with Crippen LogP contribution in [0.25, 0.3) is 11.3 Å². The van der Waals surface area contributed by atoms with Crippen LogP contribution in [0.4, 0.5) is 5.69 Å². The van der Waals surface area contributed by atoms with Crippen LogP contribution in [-0.2, 0) is 11.2 Å². The molecule has 4 heteroatoms. The molecule has 0 aliphatic carbocycles. The van der Waals surface area contributed by atoms with Crippen molar-refractivity contribution in [3.63, 3.8) is 0 Å². The van der Waals surface area contributed by atoms with Gasteiger partial charge in [0, 0.05) is 35.2 Å². The van der Waals surface area contributed by atoms with Gasteiger partial charge in [-0.15, -0.1) is 0 Å². The molecule has 0 saturated carbocycles. The topological polar surface area (TPSA) is 55.1 Å². The third-order valence-electron chi connectivity index (χ3n) is 4.45. The lowest BCUT2D eigenvalue weighted by atomic mass is 10.1. The first-order chi connectivity index (χ1) is 14.8. The Morgan fingerprint density at radius 2 is 1.57 bits per heavy atom. The number of rotatable bonds is 5. The number of oxazole rings is 1. The maximum absolute atomic E-state index is 12.3. The molecule has 0 fully saturated rings. The number of carbonyl (C=O) groups is 1. The molecule has 0 unspecified atom stereocenters. The van der Waals surface area contributed by atoms with Crippen molar-refractivity contribution in [2.75, 3.05) is 5.32 Å². The molecule has 4 nitrogen and oxygen atoms in total. The summed E-state index contributed by atoms with van der Waals surface area (Å²) in [4.78, 5) is 16.6. The van der Waals surface area contributed by atoms with E-state index in [2.05, 4.69) is 22.1 Å². The zero-order valence-electron chi connectivity index (χ0n) is 16.3. The summed E-state index contributed by atoms with van der Waals surface area (Å²) in [5, 5.41) is 2.91. The van der Waals surface area contributed by atoms with Crippen LogP contribution >= 0.6 is 0 Å². The van der Waals surface area contributed by atoms with Gasteiger partial charge in [0.05, 0.1) is 6.20 Å². The van der Waals surface area contributed by atoms with Crippen LogP contribution < -0.4 is 5.32 Å². The molecule has 146 valence electrons. The van der Waals surface area contributed by atoms with Crippen molar-refractivity contribution in [1.82, 2.24) is 4.98 Å². The second-order valence-corrected chi connectivity index (χ2v) is 6.73. The molecule has 4 aromatic rings. The molecule has 0 bridgehead atoms. The lowest BCUT2D eigenvalue weighted by molar-refractivity contribution is -0.116. The Morgan fingerprint density at radius 1 is 0.867 bits per heavy atom. The number of hydrogen-bond donors (Lipinski definition) is 1. The fraction of sp³-hybridized carbons (Fsp3) is 0.0769. The van der Waals surface area contributed by atoms with Gasteiger partial charge in [-0.05, 0) is 30.3 Å². The first kappa shape index (κ1) is 19.2. The second-order valence-electron chi connectivity index (χ2n) is 6.73. The monoisotopic (exact) mass is 392 g/mol. The van der Waals surface area contributed by atoms with Crippen molar-refractivity contribution in [2.24, 2.45) is 0 Å². The van der Waals surface area contributed by atoms with Crippen molar-refractivity contribution in [3.8, 4) is 23.2 Å². The molecule has 1 amide bonds. The minimum atomic E-state index is -0.0948. The Hall–Kier alpha value is -4.10. The highest BCUT2D eigenvalue weighted by Crippen LogP contribution is 2.20. The van der Waals surface area contributed by atoms with Crippen molar-refractivity contribution in [3.05, 3.63) is 108 Å². The summed E-state index contributed by atoms with van der Waals surface area (Å²) in [5.74, 6) is 7.40.